The summed E-state index contributed by atoms with van der Waals surface area (Å²) in [5, 5.41) is 2.79. The van der Waals surface area contributed by atoms with E-state index in [0.29, 0.717) is 5.56 Å². The molecule has 16 heavy (non-hydrogen) atoms. The summed E-state index contributed by atoms with van der Waals surface area (Å²) in [6.45, 7) is 0.205. The number of hydrogen-bond acceptors (Lipinski definition) is 3. The van der Waals surface area contributed by atoms with Crippen LogP contribution in [0.25, 0.3) is 0 Å². The smallest absolute Gasteiger partial charge is 0.327 e. The van der Waals surface area contributed by atoms with Gasteiger partial charge in [0.15, 0.2) is 0 Å². The number of ether oxygens (including phenoxy) is 1. The molecule has 1 rings (SSSR count). The van der Waals surface area contributed by atoms with Crippen LogP contribution < -0.4 is 5.32 Å². The fourth-order valence-electron chi connectivity index (χ4n) is 1.30. The lowest BCUT2D eigenvalue weighted by Crippen LogP contribution is -2.29. The van der Waals surface area contributed by atoms with E-state index in [4.69, 9.17) is 6.42 Å². The maximum atomic E-state index is 13.0. The Morgan fingerprint density at radius 1 is 1.69 bits per heavy atom. The molecule has 0 fully saturated rings. The fraction of sp³-hybridized carbons (Fsp3) is 0.250. The van der Waals surface area contributed by atoms with Crippen LogP contribution in [0.15, 0.2) is 24.3 Å². The van der Waals surface area contributed by atoms with Crippen molar-refractivity contribution in [3.05, 3.63) is 35.6 Å². The van der Waals surface area contributed by atoms with Gasteiger partial charge in [-0.25, -0.2) is 9.18 Å². The number of carbonyl (C=O) groups excluding carboxylic acids is 1. The van der Waals surface area contributed by atoms with Gasteiger partial charge in [0, 0.05) is 0 Å². The molecule has 1 aromatic rings. The number of halogens is 1. The van der Waals surface area contributed by atoms with Gasteiger partial charge in [-0.2, -0.15) is 0 Å². The second-order valence-electron chi connectivity index (χ2n) is 3.10. The Morgan fingerprint density at radius 3 is 3.00 bits per heavy atom. The Labute approximate surface area is 93.6 Å². The van der Waals surface area contributed by atoms with Crippen LogP contribution in [0, 0.1) is 18.2 Å². The molecule has 0 radical (unpaired) electrons. The average molecular weight is 221 g/mol. The van der Waals surface area contributed by atoms with Crippen molar-refractivity contribution in [3.8, 4) is 12.3 Å². The lowest BCUT2D eigenvalue weighted by atomic mass is 10.1. The maximum Gasteiger partial charge on any atom is 0.327 e. The van der Waals surface area contributed by atoms with Crippen LogP contribution in [0.2, 0.25) is 0 Å². The summed E-state index contributed by atoms with van der Waals surface area (Å²) in [5.41, 5.74) is 0.488. The van der Waals surface area contributed by atoms with E-state index < -0.39 is 17.8 Å². The van der Waals surface area contributed by atoms with Gasteiger partial charge in [-0.05, 0) is 17.7 Å². The summed E-state index contributed by atoms with van der Waals surface area (Å²) in [7, 11) is 1.27. The van der Waals surface area contributed by atoms with Crippen LogP contribution in [0.4, 0.5) is 4.39 Å². The average Bonchev–Trinajstić information content (AvgIpc) is 2.29. The molecule has 0 spiro atoms. The predicted molar refractivity (Wildman–Crippen MR) is 58.0 cm³/mol. The summed E-state index contributed by atoms with van der Waals surface area (Å²) in [5.74, 6) is 1.44. The first-order chi connectivity index (χ1) is 7.69. The Morgan fingerprint density at radius 2 is 2.44 bits per heavy atom. The number of nitrogens with one attached hydrogen (secondary N) is 1. The van der Waals surface area contributed by atoms with E-state index in [0.717, 1.165) is 0 Å². The summed E-state index contributed by atoms with van der Waals surface area (Å²) in [6, 6.07) is 4.99. The molecule has 1 unspecified atom stereocenters. The van der Waals surface area contributed by atoms with Crippen molar-refractivity contribution in [2.45, 2.75) is 6.04 Å². The van der Waals surface area contributed by atoms with E-state index in [1.165, 1.54) is 25.3 Å². The normalized spacial score (nSPS) is 11.6. The lowest BCUT2D eigenvalue weighted by Gasteiger charge is -2.15. The van der Waals surface area contributed by atoms with E-state index in [2.05, 4.69) is 16.0 Å². The number of rotatable bonds is 4. The number of benzene rings is 1. The largest absolute Gasteiger partial charge is 0.468 e. The highest BCUT2D eigenvalue weighted by atomic mass is 19.1. The Hall–Kier alpha value is -1.86. The van der Waals surface area contributed by atoms with E-state index in [-0.39, 0.29) is 6.54 Å². The van der Waals surface area contributed by atoms with Gasteiger partial charge < -0.3 is 4.74 Å². The minimum atomic E-state index is -0.739. The van der Waals surface area contributed by atoms with Crippen LogP contribution in [0.1, 0.15) is 11.6 Å². The van der Waals surface area contributed by atoms with Gasteiger partial charge in [-0.1, -0.05) is 18.1 Å². The number of methoxy groups -OCH3 is 1. The predicted octanol–water partition coefficient (Wildman–Crippen LogP) is 1.26. The zero-order chi connectivity index (χ0) is 12.0. The van der Waals surface area contributed by atoms with E-state index in [9.17, 15) is 9.18 Å². The third kappa shape index (κ3) is 3.07. The second-order valence-corrected chi connectivity index (χ2v) is 3.10. The van der Waals surface area contributed by atoms with Crippen LogP contribution in [0.3, 0.4) is 0 Å². The molecule has 0 amide bonds. The lowest BCUT2D eigenvalue weighted by molar-refractivity contribution is -0.143. The molecule has 0 aliphatic heterocycles. The standard InChI is InChI=1S/C12H12FNO2/c1-3-7-14-11(12(15)16-2)9-5-4-6-10(13)8-9/h1,4-6,8,11,14H,7H2,2H3. The zero-order valence-corrected chi connectivity index (χ0v) is 8.87. The van der Waals surface area contributed by atoms with E-state index >= 15 is 0 Å². The first-order valence-corrected chi connectivity index (χ1v) is 4.69. The third-order valence-corrected chi connectivity index (χ3v) is 2.03. The van der Waals surface area contributed by atoms with Crippen LogP contribution in [-0.4, -0.2) is 19.6 Å². The van der Waals surface area contributed by atoms with E-state index in [1.54, 1.807) is 6.07 Å². The molecule has 84 valence electrons. The molecule has 0 saturated carbocycles. The van der Waals surface area contributed by atoms with E-state index in [1.807, 2.05) is 0 Å². The van der Waals surface area contributed by atoms with Gasteiger partial charge in [0.2, 0.25) is 0 Å². The van der Waals surface area contributed by atoms with Crippen molar-refractivity contribution in [2.24, 2.45) is 0 Å². The fourth-order valence-corrected chi connectivity index (χ4v) is 1.30. The van der Waals surface area contributed by atoms with Gasteiger partial charge in [0.25, 0.3) is 0 Å². The van der Waals surface area contributed by atoms with Crippen molar-refractivity contribution in [1.29, 1.82) is 0 Å². The van der Waals surface area contributed by atoms with Crippen LogP contribution in [0.5, 0.6) is 0 Å². The molecule has 0 aliphatic carbocycles. The Kier molecular flexibility index (Phi) is 4.49. The molecule has 0 aromatic heterocycles. The molecular formula is C12H12FNO2. The summed E-state index contributed by atoms with van der Waals surface area (Å²) >= 11 is 0. The van der Waals surface area contributed by atoms with Crippen molar-refractivity contribution in [2.75, 3.05) is 13.7 Å². The van der Waals surface area contributed by atoms with Crippen LogP contribution >= 0.6 is 0 Å². The summed E-state index contributed by atoms with van der Waals surface area (Å²) in [4.78, 5) is 11.5. The number of hydrogen-bond donors (Lipinski definition) is 1. The molecule has 4 heteroatoms. The maximum absolute atomic E-state index is 13.0. The van der Waals surface area contributed by atoms with Gasteiger partial charge in [-0.3, -0.25) is 5.32 Å². The molecule has 0 saturated heterocycles. The Balaban J connectivity index is 2.92. The van der Waals surface area contributed by atoms with Gasteiger partial charge in [0.1, 0.15) is 11.9 Å². The van der Waals surface area contributed by atoms with Crippen molar-refractivity contribution in [1.82, 2.24) is 5.32 Å². The highest BCUT2D eigenvalue weighted by Gasteiger charge is 2.20. The molecule has 1 atom stereocenters. The SMILES string of the molecule is C#CCNC(C(=O)OC)c1cccc(F)c1. The molecule has 0 heterocycles. The highest BCUT2D eigenvalue weighted by molar-refractivity contribution is 5.77. The first kappa shape index (κ1) is 12.2. The summed E-state index contributed by atoms with van der Waals surface area (Å²) < 4.78 is 17.6. The zero-order valence-electron chi connectivity index (χ0n) is 8.87. The number of terminal acetylenes is 1. The molecule has 1 N–H and O–H groups in total. The topological polar surface area (TPSA) is 38.3 Å². The quantitative estimate of drug-likeness (QED) is 0.614. The molecule has 1 aromatic carbocycles. The van der Waals surface area contributed by atoms with Crippen molar-refractivity contribution < 1.29 is 13.9 Å². The van der Waals surface area contributed by atoms with Crippen molar-refractivity contribution >= 4 is 5.97 Å². The minimum Gasteiger partial charge on any atom is -0.468 e. The Bertz CT molecular complexity index is 412. The molecule has 3 nitrogen and oxygen atoms in total. The molecular weight excluding hydrogens is 209 g/mol. The second kappa shape index (κ2) is 5.89. The molecule has 0 aliphatic rings. The van der Waals surface area contributed by atoms with Gasteiger partial charge in [0.05, 0.1) is 13.7 Å². The first-order valence-electron chi connectivity index (χ1n) is 4.69. The van der Waals surface area contributed by atoms with Gasteiger partial charge >= 0.3 is 5.97 Å². The van der Waals surface area contributed by atoms with Crippen LogP contribution in [-0.2, 0) is 9.53 Å². The number of esters is 1. The number of carbonyl (C=O) groups is 1. The summed E-state index contributed by atoms with van der Waals surface area (Å²) in [6.07, 6.45) is 5.09. The van der Waals surface area contributed by atoms with Crippen molar-refractivity contribution in [3.63, 3.8) is 0 Å². The molecule has 0 bridgehead atoms. The van der Waals surface area contributed by atoms with Gasteiger partial charge in [-0.15, -0.1) is 6.42 Å². The monoisotopic (exact) mass is 221 g/mol. The third-order valence-electron chi connectivity index (χ3n) is 2.03. The highest BCUT2D eigenvalue weighted by Crippen LogP contribution is 2.15. The minimum absolute atomic E-state index is 0.205.